The Bertz CT molecular complexity index is 925. The molecule has 2 heterocycles. The van der Waals surface area contributed by atoms with Gasteiger partial charge in [0.25, 0.3) is 10.0 Å². The molecule has 1 N–H and O–H groups in total. The fourth-order valence-corrected chi connectivity index (χ4v) is 6.09. The Labute approximate surface area is 172 Å². The summed E-state index contributed by atoms with van der Waals surface area (Å²) in [5.41, 5.74) is 0.909. The second-order valence-corrected chi connectivity index (χ2v) is 10.5. The van der Waals surface area contributed by atoms with Gasteiger partial charge in [-0.3, -0.25) is 0 Å². The van der Waals surface area contributed by atoms with Crippen LogP contribution < -0.4 is 5.32 Å². The van der Waals surface area contributed by atoms with Crippen LogP contribution in [-0.2, 0) is 10.0 Å². The Morgan fingerprint density at radius 1 is 1.15 bits per heavy atom. The van der Waals surface area contributed by atoms with Crippen LogP contribution in [0.25, 0.3) is 0 Å². The molecule has 1 aromatic heterocycles. The molecule has 1 saturated heterocycles. The second kappa shape index (κ2) is 8.36. The van der Waals surface area contributed by atoms with Crippen molar-refractivity contribution in [2.45, 2.75) is 17.2 Å². The van der Waals surface area contributed by atoms with Crippen molar-refractivity contribution in [1.29, 1.82) is 0 Å². The molecule has 1 aromatic carbocycles. The van der Waals surface area contributed by atoms with Crippen LogP contribution in [0.4, 0.5) is 4.79 Å². The highest BCUT2D eigenvalue weighted by atomic mass is 35.5. The zero-order valence-electron chi connectivity index (χ0n) is 14.6. The Morgan fingerprint density at radius 3 is 2.44 bits per heavy atom. The predicted molar refractivity (Wildman–Crippen MR) is 108 cm³/mol. The van der Waals surface area contributed by atoms with Gasteiger partial charge in [0.15, 0.2) is 0 Å². The zero-order valence-corrected chi connectivity index (χ0v) is 17.7. The number of urea groups is 1. The lowest BCUT2D eigenvalue weighted by Crippen LogP contribution is -2.53. The molecule has 1 aliphatic heterocycles. The van der Waals surface area contributed by atoms with E-state index in [1.165, 1.54) is 10.4 Å². The van der Waals surface area contributed by atoms with E-state index < -0.39 is 10.0 Å². The van der Waals surface area contributed by atoms with Gasteiger partial charge in [0, 0.05) is 31.2 Å². The van der Waals surface area contributed by atoms with E-state index in [0.717, 1.165) is 16.9 Å². The maximum Gasteiger partial charge on any atom is 0.317 e. The van der Waals surface area contributed by atoms with Crippen LogP contribution in [0.5, 0.6) is 0 Å². The molecule has 0 saturated carbocycles. The van der Waals surface area contributed by atoms with Gasteiger partial charge in [-0.25, -0.2) is 13.2 Å². The summed E-state index contributed by atoms with van der Waals surface area (Å²) in [4.78, 5) is 14.1. The predicted octanol–water partition coefficient (Wildman–Crippen LogP) is 3.83. The minimum Gasteiger partial charge on any atom is -0.331 e. The number of nitrogens with zero attached hydrogens (tertiary/aromatic N) is 2. The molecule has 0 radical (unpaired) electrons. The number of hydrogen-bond acceptors (Lipinski definition) is 4. The van der Waals surface area contributed by atoms with Crippen molar-refractivity contribution in [1.82, 2.24) is 14.5 Å². The molecule has 2 aromatic rings. The van der Waals surface area contributed by atoms with Crippen molar-refractivity contribution < 1.29 is 13.2 Å². The van der Waals surface area contributed by atoms with Crippen LogP contribution in [0, 0.1) is 0 Å². The Balaban J connectivity index is 1.58. The van der Waals surface area contributed by atoms with E-state index in [4.69, 9.17) is 23.2 Å². The Kier molecular flexibility index (Phi) is 6.32. The van der Waals surface area contributed by atoms with Crippen molar-refractivity contribution in [3.8, 4) is 0 Å². The van der Waals surface area contributed by atoms with Crippen molar-refractivity contribution in [3.63, 3.8) is 0 Å². The Hall–Kier alpha value is -1.32. The molecule has 10 heteroatoms. The lowest BCUT2D eigenvalue weighted by molar-refractivity contribution is 0.169. The number of benzene rings is 1. The number of piperazine rings is 1. The third-order valence-electron chi connectivity index (χ3n) is 4.36. The number of carbonyl (C=O) groups excluding carboxylic acids is 1. The summed E-state index contributed by atoms with van der Waals surface area (Å²) >= 11 is 12.9. The van der Waals surface area contributed by atoms with Gasteiger partial charge in [0.1, 0.15) is 4.21 Å². The molecular weight excluding hydrogens is 429 g/mol. The number of halogens is 2. The van der Waals surface area contributed by atoms with Gasteiger partial charge in [-0.2, -0.15) is 4.31 Å². The van der Waals surface area contributed by atoms with E-state index in [9.17, 15) is 13.2 Å². The second-order valence-electron chi connectivity index (χ2n) is 6.18. The maximum atomic E-state index is 12.6. The van der Waals surface area contributed by atoms with Gasteiger partial charge in [-0.15, -0.1) is 11.3 Å². The van der Waals surface area contributed by atoms with Crippen molar-refractivity contribution in [2.24, 2.45) is 0 Å². The molecule has 0 aliphatic carbocycles. The average molecular weight is 448 g/mol. The minimum atomic E-state index is -3.57. The van der Waals surface area contributed by atoms with Gasteiger partial charge in [0.2, 0.25) is 0 Å². The van der Waals surface area contributed by atoms with Crippen molar-refractivity contribution in [3.05, 3.63) is 51.3 Å². The highest BCUT2D eigenvalue weighted by Gasteiger charge is 2.31. The third-order valence-corrected chi connectivity index (χ3v) is 8.19. The molecular formula is C17H19Cl2N3O3S2. The van der Waals surface area contributed by atoms with Crippen LogP contribution in [0.1, 0.15) is 18.5 Å². The number of hydrogen-bond donors (Lipinski definition) is 1. The first kappa shape index (κ1) is 20.4. The third kappa shape index (κ3) is 4.75. The molecule has 27 heavy (non-hydrogen) atoms. The quantitative estimate of drug-likeness (QED) is 0.773. The first-order chi connectivity index (χ1) is 12.8. The highest BCUT2D eigenvalue weighted by Crippen LogP contribution is 2.28. The van der Waals surface area contributed by atoms with Gasteiger partial charge in [-0.1, -0.05) is 35.3 Å². The van der Waals surface area contributed by atoms with Crippen LogP contribution in [0.2, 0.25) is 9.36 Å². The summed E-state index contributed by atoms with van der Waals surface area (Å²) in [7, 11) is -3.57. The maximum absolute atomic E-state index is 12.6. The number of thiophene rings is 1. The van der Waals surface area contributed by atoms with Crippen LogP contribution >= 0.6 is 34.5 Å². The van der Waals surface area contributed by atoms with Gasteiger partial charge < -0.3 is 10.2 Å². The zero-order chi connectivity index (χ0) is 19.6. The van der Waals surface area contributed by atoms with Crippen LogP contribution in [0.3, 0.4) is 0 Å². The molecule has 6 nitrogen and oxygen atoms in total. The molecule has 3 rings (SSSR count). The molecule has 1 unspecified atom stereocenters. The first-order valence-electron chi connectivity index (χ1n) is 8.34. The normalized spacial score (nSPS) is 16.9. The van der Waals surface area contributed by atoms with E-state index in [1.54, 1.807) is 17.0 Å². The summed E-state index contributed by atoms with van der Waals surface area (Å²) in [6.45, 7) is 3.03. The fourth-order valence-electron chi connectivity index (χ4n) is 2.83. The highest BCUT2D eigenvalue weighted by molar-refractivity contribution is 7.91. The SMILES string of the molecule is CC(NC(=O)N1CCN(S(=O)(=O)c2ccc(Cl)s2)CC1)c1cccc(Cl)c1. The molecule has 0 spiro atoms. The van der Waals surface area contributed by atoms with Crippen molar-refractivity contribution >= 4 is 50.6 Å². The number of rotatable bonds is 4. The molecule has 1 atom stereocenters. The van der Waals surface area contributed by atoms with Crippen LogP contribution in [-0.4, -0.2) is 49.8 Å². The molecule has 1 fully saturated rings. The lowest BCUT2D eigenvalue weighted by atomic mass is 10.1. The number of nitrogens with one attached hydrogen (secondary N) is 1. The Morgan fingerprint density at radius 2 is 1.85 bits per heavy atom. The van der Waals surface area contributed by atoms with Gasteiger partial charge >= 0.3 is 6.03 Å². The summed E-state index contributed by atoms with van der Waals surface area (Å²) in [5, 5.41) is 3.54. The number of carbonyl (C=O) groups is 1. The summed E-state index contributed by atoms with van der Waals surface area (Å²) in [6.07, 6.45) is 0. The standard InChI is InChI=1S/C17H19Cl2N3O3S2/c1-12(13-3-2-4-14(18)11-13)20-17(23)21-7-9-22(10-8-21)27(24,25)16-6-5-15(19)26-16/h2-6,11-12H,7-10H2,1H3,(H,20,23). The summed E-state index contributed by atoms with van der Waals surface area (Å²) in [6, 6.07) is 9.97. The molecule has 146 valence electrons. The monoisotopic (exact) mass is 447 g/mol. The molecule has 0 bridgehead atoms. The van der Waals surface area contributed by atoms with Crippen molar-refractivity contribution in [2.75, 3.05) is 26.2 Å². The summed E-state index contributed by atoms with van der Waals surface area (Å²) in [5.74, 6) is 0. The van der Waals surface area contributed by atoms with Crippen LogP contribution in [0.15, 0.2) is 40.6 Å². The van der Waals surface area contributed by atoms with Gasteiger partial charge in [0.05, 0.1) is 10.4 Å². The topological polar surface area (TPSA) is 69.7 Å². The number of sulfonamides is 1. The van der Waals surface area contributed by atoms with E-state index in [0.29, 0.717) is 22.4 Å². The van der Waals surface area contributed by atoms with Gasteiger partial charge in [-0.05, 0) is 36.8 Å². The number of amides is 2. The molecule has 1 aliphatic rings. The minimum absolute atomic E-state index is 0.203. The van der Waals surface area contributed by atoms with E-state index in [-0.39, 0.29) is 29.4 Å². The van der Waals surface area contributed by atoms with E-state index >= 15 is 0 Å². The fraction of sp³-hybridized carbons (Fsp3) is 0.353. The first-order valence-corrected chi connectivity index (χ1v) is 11.3. The lowest BCUT2D eigenvalue weighted by Gasteiger charge is -2.34. The summed E-state index contributed by atoms with van der Waals surface area (Å²) < 4.78 is 27.3. The smallest absolute Gasteiger partial charge is 0.317 e. The largest absolute Gasteiger partial charge is 0.331 e. The van der Waals surface area contributed by atoms with E-state index in [1.807, 2.05) is 25.1 Å². The van der Waals surface area contributed by atoms with E-state index in [2.05, 4.69) is 5.32 Å². The molecule has 2 amide bonds. The average Bonchev–Trinajstić information content (AvgIpc) is 3.09.